The predicted molar refractivity (Wildman–Crippen MR) is 71.9 cm³/mol. The lowest BCUT2D eigenvalue weighted by molar-refractivity contribution is 0.0646. The Bertz CT molecular complexity index is 419. The van der Waals surface area contributed by atoms with E-state index in [1.807, 2.05) is 4.90 Å². The van der Waals surface area contributed by atoms with Crippen LogP contribution in [0, 0.1) is 5.92 Å². The molecule has 0 bridgehead atoms. The largest absolute Gasteiger partial charge is 0.396 e. The van der Waals surface area contributed by atoms with Gasteiger partial charge in [0, 0.05) is 26.7 Å². The van der Waals surface area contributed by atoms with Crippen molar-refractivity contribution in [3.05, 3.63) is 17.8 Å². The molecule has 104 valence electrons. The number of rotatable bonds is 4. The van der Waals surface area contributed by atoms with Crippen LogP contribution in [0.5, 0.6) is 0 Å². The molecule has 2 N–H and O–H groups in total. The van der Waals surface area contributed by atoms with Crippen molar-refractivity contribution in [3.8, 4) is 0 Å². The Balaban J connectivity index is 2.01. The van der Waals surface area contributed by atoms with E-state index in [0.29, 0.717) is 24.0 Å². The normalized spacial score (nSPS) is 19.3. The smallest absolute Gasteiger partial charge is 0.274 e. The Labute approximate surface area is 112 Å². The number of anilines is 1. The highest BCUT2D eigenvalue weighted by molar-refractivity contribution is 5.92. The third-order valence-corrected chi connectivity index (χ3v) is 3.48. The van der Waals surface area contributed by atoms with Crippen LogP contribution in [0.3, 0.4) is 0 Å². The fourth-order valence-corrected chi connectivity index (χ4v) is 2.41. The van der Waals surface area contributed by atoms with Crippen LogP contribution in [0.4, 0.5) is 5.82 Å². The van der Waals surface area contributed by atoms with E-state index in [-0.39, 0.29) is 12.5 Å². The summed E-state index contributed by atoms with van der Waals surface area (Å²) in [6, 6.07) is 3.44. The molecular formula is C13H20N4O2. The van der Waals surface area contributed by atoms with Gasteiger partial charge in [-0.1, -0.05) is 0 Å². The van der Waals surface area contributed by atoms with Crippen LogP contribution in [0.25, 0.3) is 0 Å². The Morgan fingerprint density at radius 3 is 3.00 bits per heavy atom. The van der Waals surface area contributed by atoms with E-state index in [0.717, 1.165) is 25.8 Å². The highest BCUT2D eigenvalue weighted by Gasteiger charge is 2.25. The second kappa shape index (κ2) is 6.47. The summed E-state index contributed by atoms with van der Waals surface area (Å²) in [7, 11) is 1.76. The molecule has 19 heavy (non-hydrogen) atoms. The van der Waals surface area contributed by atoms with Gasteiger partial charge in [0.1, 0.15) is 5.82 Å². The zero-order valence-electron chi connectivity index (χ0n) is 11.2. The fourth-order valence-electron chi connectivity index (χ4n) is 2.41. The van der Waals surface area contributed by atoms with E-state index in [1.54, 1.807) is 19.2 Å². The molecular weight excluding hydrogens is 244 g/mol. The van der Waals surface area contributed by atoms with Crippen molar-refractivity contribution in [2.45, 2.75) is 19.3 Å². The molecule has 0 spiro atoms. The van der Waals surface area contributed by atoms with E-state index >= 15 is 0 Å². The van der Waals surface area contributed by atoms with Gasteiger partial charge in [0.2, 0.25) is 0 Å². The lowest BCUT2D eigenvalue weighted by Crippen LogP contribution is -2.40. The first-order valence-electron chi connectivity index (χ1n) is 6.66. The van der Waals surface area contributed by atoms with Gasteiger partial charge in [-0.15, -0.1) is 10.2 Å². The fraction of sp³-hybridized carbons (Fsp3) is 0.615. The number of aromatic nitrogens is 2. The molecule has 0 saturated carbocycles. The van der Waals surface area contributed by atoms with Gasteiger partial charge >= 0.3 is 0 Å². The summed E-state index contributed by atoms with van der Waals surface area (Å²) in [6.07, 6.45) is 2.82. The molecule has 2 rings (SSSR count). The number of nitrogens with one attached hydrogen (secondary N) is 1. The second-order valence-electron chi connectivity index (χ2n) is 4.83. The third kappa shape index (κ3) is 3.41. The van der Waals surface area contributed by atoms with Gasteiger partial charge in [0.25, 0.3) is 5.91 Å². The Morgan fingerprint density at radius 2 is 2.37 bits per heavy atom. The van der Waals surface area contributed by atoms with E-state index in [9.17, 15) is 4.79 Å². The number of aliphatic hydroxyl groups excluding tert-OH is 1. The number of aliphatic hydroxyl groups is 1. The van der Waals surface area contributed by atoms with Crippen LogP contribution in [0.15, 0.2) is 12.1 Å². The molecule has 1 saturated heterocycles. The van der Waals surface area contributed by atoms with Crippen molar-refractivity contribution in [1.29, 1.82) is 0 Å². The first-order valence-corrected chi connectivity index (χ1v) is 6.66. The van der Waals surface area contributed by atoms with Gasteiger partial charge in [-0.05, 0) is 37.3 Å². The number of hydrogen-bond acceptors (Lipinski definition) is 5. The van der Waals surface area contributed by atoms with E-state index in [1.165, 1.54) is 0 Å². The lowest BCUT2D eigenvalue weighted by Gasteiger charge is -2.32. The summed E-state index contributed by atoms with van der Waals surface area (Å²) < 4.78 is 0. The topological polar surface area (TPSA) is 78.4 Å². The number of piperidine rings is 1. The Morgan fingerprint density at radius 1 is 1.53 bits per heavy atom. The zero-order chi connectivity index (χ0) is 13.7. The van der Waals surface area contributed by atoms with Crippen LogP contribution >= 0.6 is 0 Å². The summed E-state index contributed by atoms with van der Waals surface area (Å²) in [5.74, 6) is 0.971. The van der Waals surface area contributed by atoms with Gasteiger partial charge in [0.15, 0.2) is 5.69 Å². The van der Waals surface area contributed by atoms with Crippen molar-refractivity contribution in [3.63, 3.8) is 0 Å². The minimum Gasteiger partial charge on any atom is -0.396 e. The Kier molecular flexibility index (Phi) is 4.68. The lowest BCUT2D eigenvalue weighted by atomic mass is 9.95. The summed E-state index contributed by atoms with van der Waals surface area (Å²) in [4.78, 5) is 14.1. The molecule has 1 atom stereocenters. The molecule has 2 heterocycles. The van der Waals surface area contributed by atoms with Crippen molar-refractivity contribution in [2.75, 3.05) is 32.1 Å². The number of carbonyl (C=O) groups excluding carboxylic acids is 1. The third-order valence-electron chi connectivity index (χ3n) is 3.48. The molecule has 1 unspecified atom stereocenters. The standard InChI is InChI=1S/C13H20N4O2/c1-14-12-5-4-11(15-16-12)13(19)17-7-2-3-10(9-17)6-8-18/h4-5,10,18H,2-3,6-9H2,1H3,(H,14,16). The van der Waals surface area contributed by atoms with Crippen molar-refractivity contribution in [2.24, 2.45) is 5.92 Å². The van der Waals surface area contributed by atoms with E-state index < -0.39 is 0 Å². The van der Waals surface area contributed by atoms with Crippen LogP contribution in [-0.2, 0) is 0 Å². The quantitative estimate of drug-likeness (QED) is 0.839. The molecule has 1 aromatic rings. The summed E-state index contributed by atoms with van der Waals surface area (Å²) in [5.41, 5.74) is 0.378. The van der Waals surface area contributed by atoms with Crippen LogP contribution in [0.1, 0.15) is 29.8 Å². The summed E-state index contributed by atoms with van der Waals surface area (Å²) in [5, 5.41) is 19.7. The molecule has 0 radical (unpaired) electrons. The molecule has 1 aliphatic heterocycles. The summed E-state index contributed by atoms with van der Waals surface area (Å²) >= 11 is 0. The number of amides is 1. The molecule has 6 nitrogen and oxygen atoms in total. The maximum Gasteiger partial charge on any atom is 0.274 e. The second-order valence-corrected chi connectivity index (χ2v) is 4.83. The van der Waals surface area contributed by atoms with Gasteiger partial charge in [-0.3, -0.25) is 4.79 Å². The number of carbonyl (C=O) groups is 1. The summed E-state index contributed by atoms with van der Waals surface area (Å²) in [6.45, 7) is 1.65. The first kappa shape index (κ1) is 13.7. The van der Waals surface area contributed by atoms with Gasteiger partial charge < -0.3 is 15.3 Å². The average molecular weight is 264 g/mol. The van der Waals surface area contributed by atoms with Crippen molar-refractivity contribution < 1.29 is 9.90 Å². The van der Waals surface area contributed by atoms with Crippen LogP contribution in [0.2, 0.25) is 0 Å². The molecule has 1 aromatic heterocycles. The average Bonchev–Trinajstić information content (AvgIpc) is 2.47. The minimum atomic E-state index is -0.0715. The monoisotopic (exact) mass is 264 g/mol. The van der Waals surface area contributed by atoms with Gasteiger partial charge in [0.05, 0.1) is 0 Å². The SMILES string of the molecule is CNc1ccc(C(=O)N2CCCC(CCO)C2)nn1. The first-order chi connectivity index (χ1) is 9.24. The van der Waals surface area contributed by atoms with Crippen molar-refractivity contribution in [1.82, 2.24) is 15.1 Å². The predicted octanol–water partition coefficient (Wildman–Crippen LogP) is 0.753. The maximum absolute atomic E-state index is 12.3. The highest BCUT2D eigenvalue weighted by Crippen LogP contribution is 2.20. The van der Waals surface area contributed by atoms with E-state index in [4.69, 9.17) is 5.11 Å². The zero-order valence-corrected chi connectivity index (χ0v) is 11.2. The molecule has 1 fully saturated rings. The van der Waals surface area contributed by atoms with Crippen LogP contribution in [-0.4, -0.2) is 52.9 Å². The number of hydrogen-bond donors (Lipinski definition) is 2. The molecule has 6 heteroatoms. The number of nitrogens with zero attached hydrogens (tertiary/aromatic N) is 3. The molecule has 0 aliphatic carbocycles. The molecule has 0 aromatic carbocycles. The van der Waals surface area contributed by atoms with E-state index in [2.05, 4.69) is 15.5 Å². The minimum absolute atomic E-state index is 0.0715. The molecule has 1 aliphatic rings. The maximum atomic E-state index is 12.3. The Hall–Kier alpha value is -1.69. The molecule has 1 amide bonds. The number of likely N-dealkylation sites (tertiary alicyclic amines) is 1. The van der Waals surface area contributed by atoms with Gasteiger partial charge in [-0.2, -0.15) is 0 Å². The van der Waals surface area contributed by atoms with Crippen molar-refractivity contribution >= 4 is 11.7 Å². The highest BCUT2D eigenvalue weighted by atomic mass is 16.3. The van der Waals surface area contributed by atoms with Gasteiger partial charge in [-0.25, -0.2) is 0 Å². The van der Waals surface area contributed by atoms with Crippen LogP contribution < -0.4 is 5.32 Å².